The van der Waals surface area contributed by atoms with Gasteiger partial charge in [-0.3, -0.25) is 19.2 Å². The Balaban J connectivity index is 0.000000304. The fourth-order valence-corrected chi connectivity index (χ4v) is 5.62. The van der Waals surface area contributed by atoms with Gasteiger partial charge in [0.05, 0.1) is 5.92 Å². The first kappa shape index (κ1) is 40.1. The molecule has 1 aromatic rings. The summed E-state index contributed by atoms with van der Waals surface area (Å²) in [7, 11) is 0. The zero-order chi connectivity index (χ0) is 36.4. The first-order valence-electron chi connectivity index (χ1n) is 16.0. The number of alkyl halides is 3. The summed E-state index contributed by atoms with van der Waals surface area (Å²) in [5.41, 5.74) is 3.25. The van der Waals surface area contributed by atoms with E-state index in [0.29, 0.717) is 24.3 Å². The molecule has 48 heavy (non-hydrogen) atoms. The van der Waals surface area contributed by atoms with E-state index >= 15 is 0 Å². The fraction of sp³-hybridized carbons (Fsp3) is 0.688. The molecule has 3 aliphatic rings. The van der Waals surface area contributed by atoms with E-state index in [-0.39, 0.29) is 25.4 Å². The maximum atomic E-state index is 12.7. The van der Waals surface area contributed by atoms with E-state index in [1.165, 1.54) is 25.7 Å². The number of anilines is 1. The number of aromatic hydroxyl groups is 1. The van der Waals surface area contributed by atoms with Crippen LogP contribution in [-0.4, -0.2) is 87.9 Å². The number of likely N-dealkylation sites (tertiary alicyclic amines) is 2. The summed E-state index contributed by atoms with van der Waals surface area (Å²) < 4.78 is 43.2. The number of nitrogens with one attached hydrogen (secondary N) is 2. The van der Waals surface area contributed by atoms with Crippen LogP contribution in [0.1, 0.15) is 79.2 Å². The highest BCUT2D eigenvalue weighted by atomic mass is 19.4. The van der Waals surface area contributed by atoms with Gasteiger partial charge < -0.3 is 36.0 Å². The molecule has 4 atom stereocenters. The number of amides is 5. The van der Waals surface area contributed by atoms with Crippen LogP contribution in [0.4, 0.5) is 23.8 Å². The van der Waals surface area contributed by atoms with Gasteiger partial charge in [-0.2, -0.15) is 13.2 Å². The summed E-state index contributed by atoms with van der Waals surface area (Å²) in [5.74, 6) is -2.13. The number of nitrogens with zero attached hydrogens (tertiary/aromatic N) is 3. The second-order valence-electron chi connectivity index (χ2n) is 13.9. The highest BCUT2D eigenvalue weighted by molar-refractivity contribution is 5.95. The van der Waals surface area contributed by atoms with Gasteiger partial charge in [0, 0.05) is 25.8 Å². The highest BCUT2D eigenvalue weighted by Crippen LogP contribution is 2.39. The molecule has 3 fully saturated rings. The summed E-state index contributed by atoms with van der Waals surface area (Å²) in [5, 5.41) is 14.2. The molecule has 4 rings (SSSR count). The van der Waals surface area contributed by atoms with Crippen LogP contribution in [-0.2, 0) is 30.1 Å². The number of hydrogen-bond acceptors (Lipinski definition) is 8. The number of carbonyl (C=O) groups is 5. The molecule has 13 nitrogen and oxygen atoms in total. The van der Waals surface area contributed by atoms with Crippen LogP contribution >= 0.6 is 0 Å². The number of carbonyl (C=O) groups excluding carboxylic acids is 5. The van der Waals surface area contributed by atoms with Crippen molar-refractivity contribution in [1.82, 2.24) is 20.1 Å². The number of pyridine rings is 1. The normalized spacial score (nSPS) is 22.0. The molecule has 1 aliphatic carbocycles. The van der Waals surface area contributed by atoms with Crippen LogP contribution in [0.15, 0.2) is 12.3 Å². The quantitative estimate of drug-likeness (QED) is 0.325. The number of hydrogen-bond donors (Lipinski definition) is 4. The minimum Gasteiger partial charge on any atom is -0.504 e. The molecule has 2 aliphatic heterocycles. The maximum Gasteiger partial charge on any atom is 0.420 e. The van der Waals surface area contributed by atoms with Crippen LogP contribution in [0.5, 0.6) is 5.75 Å². The number of primary amides is 1. The average molecular weight is 687 g/mol. The Morgan fingerprint density at radius 3 is 2.10 bits per heavy atom. The van der Waals surface area contributed by atoms with Gasteiger partial charge in [-0.1, -0.05) is 33.6 Å². The number of nitrogens with two attached hydrogens (primary N) is 1. The summed E-state index contributed by atoms with van der Waals surface area (Å²) >= 11 is 0. The Bertz CT molecular complexity index is 1270. The largest absolute Gasteiger partial charge is 0.504 e. The average Bonchev–Trinajstić information content (AvgIpc) is 3.61. The topological polar surface area (TPSA) is 184 Å². The predicted octanol–water partition coefficient (Wildman–Crippen LogP) is 3.90. The first-order valence-corrected chi connectivity index (χ1v) is 16.0. The van der Waals surface area contributed by atoms with Crippen molar-refractivity contribution >= 4 is 36.0 Å². The second-order valence-corrected chi connectivity index (χ2v) is 13.9. The van der Waals surface area contributed by atoms with Crippen molar-refractivity contribution in [2.24, 2.45) is 29.4 Å². The molecular formula is C32H49F3N6O7. The molecule has 1 saturated carbocycles. The van der Waals surface area contributed by atoms with Crippen molar-refractivity contribution in [3.05, 3.63) is 17.8 Å². The molecule has 0 radical (unpaired) electrons. The van der Waals surface area contributed by atoms with Gasteiger partial charge in [-0.05, 0) is 63.9 Å². The molecule has 1 aromatic heterocycles. The maximum absolute atomic E-state index is 12.7. The molecule has 5 N–H and O–H groups in total. The summed E-state index contributed by atoms with van der Waals surface area (Å²) in [6.45, 7) is 13.6. The zero-order valence-electron chi connectivity index (χ0n) is 28.4. The van der Waals surface area contributed by atoms with Crippen LogP contribution < -0.4 is 16.4 Å². The summed E-state index contributed by atoms with van der Waals surface area (Å²) in [6.07, 6.45) is 0.813. The molecule has 270 valence electrons. The Hall–Kier alpha value is -4.11. The van der Waals surface area contributed by atoms with E-state index in [1.54, 1.807) is 20.8 Å². The van der Waals surface area contributed by atoms with Crippen LogP contribution in [0.25, 0.3) is 0 Å². The molecule has 16 heteroatoms. The van der Waals surface area contributed by atoms with Gasteiger partial charge in [0.15, 0.2) is 11.6 Å². The van der Waals surface area contributed by atoms with Crippen molar-refractivity contribution in [2.45, 2.75) is 91.5 Å². The van der Waals surface area contributed by atoms with E-state index < -0.39 is 58.8 Å². The third kappa shape index (κ3) is 12.5. The van der Waals surface area contributed by atoms with Gasteiger partial charge in [0.25, 0.3) is 0 Å². The first-order chi connectivity index (χ1) is 22.2. The van der Waals surface area contributed by atoms with Gasteiger partial charge in [0.1, 0.15) is 23.8 Å². The third-order valence-corrected chi connectivity index (χ3v) is 7.76. The zero-order valence-corrected chi connectivity index (χ0v) is 28.4. The summed E-state index contributed by atoms with van der Waals surface area (Å²) in [6, 6.07) is -0.404. The number of halogens is 3. The van der Waals surface area contributed by atoms with Crippen molar-refractivity contribution in [1.29, 1.82) is 0 Å². The number of rotatable bonds is 6. The number of ether oxygens (including phenoxy) is 1. The standard InChI is InChI=1S/C15H26N2O3.C13H13F3N4O4.C4H10/c1-15(2,3)20-14(19)16-8-13(18)17-9-11-6-4-5-7-12(11)10-17;14-13(15,16)7-1-2-18-11(9(7)22)19-12(24)6-3-8(10(17)23)20(4-6)5-21;1-4(2)3/h11-12H,4-10H2,1-3H3,(H,16,19);1-2,5-6,8,22H,3-4H2,(H2,17,23)(H,18,19,24);4H,1-3H3/t;6-,8?;/m.0./s1. The molecule has 3 heterocycles. The predicted molar refractivity (Wildman–Crippen MR) is 170 cm³/mol. The lowest BCUT2D eigenvalue weighted by Crippen LogP contribution is -2.41. The highest BCUT2D eigenvalue weighted by Gasteiger charge is 2.40. The third-order valence-electron chi connectivity index (χ3n) is 7.76. The Kier molecular flexibility index (Phi) is 14.5. The Morgan fingerprint density at radius 2 is 1.65 bits per heavy atom. The minimum atomic E-state index is -4.81. The van der Waals surface area contributed by atoms with Crippen LogP contribution in [0.3, 0.4) is 0 Å². The van der Waals surface area contributed by atoms with Gasteiger partial charge in [-0.25, -0.2) is 9.78 Å². The van der Waals surface area contributed by atoms with E-state index in [2.05, 4.69) is 36.4 Å². The van der Waals surface area contributed by atoms with E-state index in [0.717, 1.165) is 30.1 Å². The number of aromatic nitrogens is 1. The Labute approximate surface area is 279 Å². The van der Waals surface area contributed by atoms with Crippen molar-refractivity contribution in [3.8, 4) is 5.75 Å². The van der Waals surface area contributed by atoms with Gasteiger partial charge in [0.2, 0.25) is 24.1 Å². The molecule has 0 aromatic carbocycles. The number of alkyl carbamates (subject to hydrolysis) is 1. The van der Waals surface area contributed by atoms with E-state index in [9.17, 15) is 42.3 Å². The smallest absolute Gasteiger partial charge is 0.420 e. The second kappa shape index (κ2) is 17.3. The molecule has 5 amide bonds. The SMILES string of the molecule is CC(C)(C)OC(=O)NCC(=O)N1CC2CCCCC2C1.CC(C)C.NC(=O)C1C[C@H](C(=O)Nc2nccc(C(F)(F)F)c2O)CN1C=O. The number of fused-ring (bicyclic) bond motifs is 1. The van der Waals surface area contributed by atoms with Gasteiger partial charge in [-0.15, -0.1) is 0 Å². The van der Waals surface area contributed by atoms with E-state index in [4.69, 9.17) is 10.5 Å². The monoisotopic (exact) mass is 686 g/mol. The molecule has 2 saturated heterocycles. The molecule has 0 bridgehead atoms. The Morgan fingerprint density at radius 1 is 1.08 bits per heavy atom. The van der Waals surface area contributed by atoms with Crippen molar-refractivity contribution in [2.75, 3.05) is 31.5 Å². The molecular weight excluding hydrogens is 637 g/mol. The van der Waals surface area contributed by atoms with Gasteiger partial charge >= 0.3 is 12.3 Å². The van der Waals surface area contributed by atoms with E-state index in [1.807, 2.05) is 4.90 Å². The lowest BCUT2D eigenvalue weighted by molar-refractivity contribution is -0.139. The van der Waals surface area contributed by atoms with Crippen molar-refractivity contribution < 1.29 is 47.0 Å². The van der Waals surface area contributed by atoms with Crippen LogP contribution in [0, 0.1) is 23.7 Å². The van der Waals surface area contributed by atoms with Crippen LogP contribution in [0.2, 0.25) is 0 Å². The lowest BCUT2D eigenvalue weighted by Gasteiger charge is -2.22. The lowest BCUT2D eigenvalue weighted by atomic mass is 9.82. The summed E-state index contributed by atoms with van der Waals surface area (Å²) in [4.78, 5) is 64.3. The van der Waals surface area contributed by atoms with Crippen molar-refractivity contribution in [3.63, 3.8) is 0 Å². The molecule has 0 spiro atoms. The fourth-order valence-electron chi connectivity index (χ4n) is 5.62. The minimum absolute atomic E-state index is 0.00487. The molecule has 3 unspecified atom stereocenters.